The fraction of sp³-hybridized carbons (Fsp3) is 0.321. The third kappa shape index (κ3) is 5.15. The molecule has 1 unspecified atom stereocenters. The summed E-state index contributed by atoms with van der Waals surface area (Å²) in [6.07, 6.45) is 1.68. The van der Waals surface area contributed by atoms with Gasteiger partial charge < -0.3 is 14.4 Å². The van der Waals surface area contributed by atoms with Crippen LogP contribution in [-0.2, 0) is 14.3 Å². The van der Waals surface area contributed by atoms with Crippen molar-refractivity contribution in [2.75, 3.05) is 37.8 Å². The van der Waals surface area contributed by atoms with E-state index in [1.54, 1.807) is 26.0 Å². The molecule has 1 fully saturated rings. The first-order valence-electron chi connectivity index (χ1n) is 12.7. The van der Waals surface area contributed by atoms with Crippen molar-refractivity contribution in [2.45, 2.75) is 26.8 Å². The van der Waals surface area contributed by atoms with Crippen molar-refractivity contribution in [2.24, 2.45) is 4.99 Å². The van der Waals surface area contributed by atoms with E-state index in [0.717, 1.165) is 16.8 Å². The molecular formula is C28H28N4O6S. The number of morpholine rings is 1. The fourth-order valence-corrected chi connectivity index (χ4v) is 5.90. The van der Waals surface area contributed by atoms with Crippen LogP contribution in [0.15, 0.2) is 63.5 Å². The van der Waals surface area contributed by atoms with Crippen LogP contribution in [0.1, 0.15) is 36.6 Å². The second kappa shape index (κ2) is 11.0. The lowest BCUT2D eigenvalue weighted by atomic mass is 9.95. The molecule has 0 bridgehead atoms. The Kier molecular flexibility index (Phi) is 7.45. The number of fused-ring (bicyclic) bond motifs is 1. The molecule has 202 valence electrons. The SMILES string of the molecule is CCOC(=O)C1=C(C)N=c2s/c(=C/c3cc([N+](=O)[O-])ccc3N3CCOCC3)c(=O)n2C1c1ccc(C)cc1. The third-order valence-electron chi connectivity index (χ3n) is 6.77. The molecule has 10 nitrogen and oxygen atoms in total. The molecule has 0 spiro atoms. The van der Waals surface area contributed by atoms with E-state index in [2.05, 4.69) is 9.89 Å². The van der Waals surface area contributed by atoms with Gasteiger partial charge >= 0.3 is 5.97 Å². The van der Waals surface area contributed by atoms with Crippen LogP contribution in [0.3, 0.4) is 0 Å². The van der Waals surface area contributed by atoms with Crippen LogP contribution in [0.25, 0.3) is 6.08 Å². The zero-order valence-electron chi connectivity index (χ0n) is 21.9. The summed E-state index contributed by atoms with van der Waals surface area (Å²) in [5.41, 5.74) is 3.54. The molecule has 2 aliphatic rings. The molecule has 0 aliphatic carbocycles. The minimum atomic E-state index is -0.716. The Labute approximate surface area is 228 Å². The molecular weight excluding hydrogens is 520 g/mol. The zero-order chi connectivity index (χ0) is 27.7. The number of rotatable bonds is 6. The van der Waals surface area contributed by atoms with E-state index in [0.29, 0.717) is 52.5 Å². The quantitative estimate of drug-likeness (QED) is 0.264. The van der Waals surface area contributed by atoms with Crippen molar-refractivity contribution in [3.63, 3.8) is 0 Å². The maximum absolute atomic E-state index is 13.9. The van der Waals surface area contributed by atoms with E-state index in [1.807, 2.05) is 31.2 Å². The second-order valence-corrected chi connectivity index (χ2v) is 10.3. The molecule has 0 N–H and O–H groups in total. The maximum Gasteiger partial charge on any atom is 0.338 e. The number of carbonyl (C=O) groups is 1. The van der Waals surface area contributed by atoms with Crippen molar-refractivity contribution < 1.29 is 19.2 Å². The van der Waals surface area contributed by atoms with Gasteiger partial charge in [-0.25, -0.2) is 9.79 Å². The normalized spacial score (nSPS) is 17.6. The van der Waals surface area contributed by atoms with Gasteiger partial charge in [0.05, 0.1) is 46.6 Å². The first kappa shape index (κ1) is 26.5. The van der Waals surface area contributed by atoms with E-state index >= 15 is 0 Å². The molecule has 1 aromatic heterocycles. The molecule has 1 saturated heterocycles. The number of anilines is 1. The predicted octanol–water partition coefficient (Wildman–Crippen LogP) is 2.85. The molecule has 5 rings (SSSR count). The van der Waals surface area contributed by atoms with Crippen molar-refractivity contribution in [1.29, 1.82) is 0 Å². The number of thiazole rings is 1. The molecule has 0 amide bonds. The number of esters is 1. The summed E-state index contributed by atoms with van der Waals surface area (Å²) < 4.78 is 12.7. The summed E-state index contributed by atoms with van der Waals surface area (Å²) in [4.78, 5) is 45.3. The van der Waals surface area contributed by atoms with Crippen LogP contribution >= 0.6 is 11.3 Å². The number of non-ortho nitro benzene ring substituents is 1. The van der Waals surface area contributed by atoms with E-state index in [1.165, 1.54) is 28.0 Å². The smallest absolute Gasteiger partial charge is 0.338 e. The molecule has 11 heteroatoms. The maximum atomic E-state index is 13.9. The summed E-state index contributed by atoms with van der Waals surface area (Å²) in [7, 11) is 0. The number of ether oxygens (including phenoxy) is 2. The number of nitrogens with zero attached hydrogens (tertiary/aromatic N) is 4. The Morgan fingerprint density at radius 3 is 2.59 bits per heavy atom. The van der Waals surface area contributed by atoms with Crippen molar-refractivity contribution in [3.05, 3.63) is 100 Å². The minimum Gasteiger partial charge on any atom is -0.463 e. The Bertz CT molecular complexity index is 1650. The summed E-state index contributed by atoms with van der Waals surface area (Å²) in [5, 5.41) is 11.6. The largest absolute Gasteiger partial charge is 0.463 e. The van der Waals surface area contributed by atoms with Crippen LogP contribution in [0, 0.1) is 17.0 Å². The average Bonchev–Trinajstić information content (AvgIpc) is 3.23. The van der Waals surface area contributed by atoms with Crippen LogP contribution in [-0.4, -0.2) is 48.4 Å². The van der Waals surface area contributed by atoms with Gasteiger partial charge in [0.25, 0.3) is 11.2 Å². The van der Waals surface area contributed by atoms with Crippen molar-refractivity contribution >= 4 is 34.8 Å². The highest BCUT2D eigenvalue weighted by Crippen LogP contribution is 2.31. The average molecular weight is 549 g/mol. The first-order chi connectivity index (χ1) is 18.8. The van der Waals surface area contributed by atoms with Gasteiger partial charge in [-0.1, -0.05) is 41.2 Å². The standard InChI is InChI=1S/C28H28N4O6S/c1-4-38-27(34)24-18(3)29-28-31(25(24)19-7-5-17(2)6-8-19)26(33)23(39-28)16-20-15-21(32(35)36)9-10-22(20)30-11-13-37-14-12-30/h5-10,15-16,25H,4,11-14H2,1-3H3/b23-16+. The summed E-state index contributed by atoms with van der Waals surface area (Å²) in [5.74, 6) is -0.521. The van der Waals surface area contributed by atoms with E-state index in [9.17, 15) is 19.7 Å². The molecule has 2 aromatic carbocycles. The van der Waals surface area contributed by atoms with Gasteiger partial charge in [-0.3, -0.25) is 19.5 Å². The van der Waals surface area contributed by atoms with Crippen molar-refractivity contribution in [3.8, 4) is 0 Å². The fourth-order valence-electron chi connectivity index (χ4n) is 4.86. The number of hydrogen-bond acceptors (Lipinski definition) is 9. The number of aromatic nitrogens is 1. The summed E-state index contributed by atoms with van der Waals surface area (Å²) in [6, 6.07) is 11.6. The van der Waals surface area contributed by atoms with E-state index in [4.69, 9.17) is 9.47 Å². The molecule has 3 heterocycles. The zero-order valence-corrected chi connectivity index (χ0v) is 22.7. The highest BCUT2D eigenvalue weighted by molar-refractivity contribution is 7.07. The number of nitro groups is 1. The monoisotopic (exact) mass is 548 g/mol. The van der Waals surface area contributed by atoms with Gasteiger partial charge in [0, 0.05) is 36.5 Å². The first-order valence-corrected chi connectivity index (χ1v) is 13.5. The molecule has 0 radical (unpaired) electrons. The van der Waals surface area contributed by atoms with Crippen LogP contribution < -0.4 is 19.8 Å². The number of allylic oxidation sites excluding steroid dienone is 1. The van der Waals surface area contributed by atoms with Crippen molar-refractivity contribution in [1.82, 2.24) is 4.57 Å². The lowest BCUT2D eigenvalue weighted by Crippen LogP contribution is -2.40. The Morgan fingerprint density at radius 2 is 1.92 bits per heavy atom. The highest BCUT2D eigenvalue weighted by Gasteiger charge is 2.33. The van der Waals surface area contributed by atoms with Gasteiger partial charge in [-0.2, -0.15) is 0 Å². The molecule has 39 heavy (non-hydrogen) atoms. The Balaban J connectivity index is 1.71. The number of hydrogen-bond donors (Lipinski definition) is 0. The number of carbonyl (C=O) groups excluding carboxylic acids is 1. The topological polar surface area (TPSA) is 116 Å². The predicted molar refractivity (Wildman–Crippen MR) is 148 cm³/mol. The Morgan fingerprint density at radius 1 is 1.21 bits per heavy atom. The number of nitro benzene ring substituents is 1. The number of benzene rings is 2. The van der Waals surface area contributed by atoms with Crippen LogP contribution in [0.4, 0.5) is 11.4 Å². The lowest BCUT2D eigenvalue weighted by molar-refractivity contribution is -0.384. The molecule has 3 aromatic rings. The third-order valence-corrected chi connectivity index (χ3v) is 7.75. The highest BCUT2D eigenvalue weighted by atomic mass is 32.1. The van der Waals surface area contributed by atoms with E-state index in [-0.39, 0.29) is 17.9 Å². The number of aryl methyl sites for hydroxylation is 1. The Hall–Kier alpha value is -4.09. The van der Waals surface area contributed by atoms with Gasteiger partial charge in [0.2, 0.25) is 0 Å². The summed E-state index contributed by atoms with van der Waals surface area (Å²) >= 11 is 1.19. The second-order valence-electron chi connectivity index (χ2n) is 9.31. The van der Waals surface area contributed by atoms with Gasteiger partial charge in [0.1, 0.15) is 0 Å². The molecule has 0 saturated carbocycles. The van der Waals surface area contributed by atoms with Gasteiger partial charge in [0.15, 0.2) is 4.80 Å². The van der Waals surface area contributed by atoms with Gasteiger partial charge in [-0.05, 0) is 38.5 Å². The van der Waals surface area contributed by atoms with Crippen LogP contribution in [0.2, 0.25) is 0 Å². The molecule has 2 aliphatic heterocycles. The van der Waals surface area contributed by atoms with Crippen LogP contribution in [0.5, 0.6) is 0 Å². The van der Waals surface area contributed by atoms with Gasteiger partial charge in [-0.15, -0.1) is 0 Å². The summed E-state index contributed by atoms with van der Waals surface area (Å²) in [6.45, 7) is 7.99. The van der Waals surface area contributed by atoms with E-state index < -0.39 is 16.9 Å². The minimum absolute atomic E-state index is 0.0657. The lowest BCUT2D eigenvalue weighted by Gasteiger charge is -2.30. The molecule has 1 atom stereocenters.